The van der Waals surface area contributed by atoms with Crippen molar-refractivity contribution in [2.24, 2.45) is 0 Å². The van der Waals surface area contributed by atoms with E-state index in [1.54, 1.807) is 36.4 Å². The maximum absolute atomic E-state index is 12.3. The third kappa shape index (κ3) is 3.14. The average Bonchev–Trinajstić information content (AvgIpc) is 2.39. The lowest BCUT2D eigenvalue weighted by molar-refractivity contribution is 0.601. The van der Waals surface area contributed by atoms with Crippen LogP contribution in [-0.4, -0.2) is 8.42 Å². The van der Waals surface area contributed by atoms with Gasteiger partial charge in [-0.3, -0.25) is 4.72 Å². The number of hydrogen-bond donors (Lipinski definition) is 1. The summed E-state index contributed by atoms with van der Waals surface area (Å²) in [4.78, 5) is 0.241. The second-order valence-corrected chi connectivity index (χ2v) is 6.60. The highest BCUT2D eigenvalue weighted by atomic mass is 35.5. The summed E-state index contributed by atoms with van der Waals surface area (Å²) in [5.41, 5.74) is 3.30. The van der Waals surface area contributed by atoms with Crippen molar-refractivity contribution in [3.05, 3.63) is 59.2 Å². The summed E-state index contributed by atoms with van der Waals surface area (Å²) in [5, 5.41) is 0. The van der Waals surface area contributed by atoms with Gasteiger partial charge < -0.3 is 0 Å². The molecule has 106 valence electrons. The summed E-state index contributed by atoms with van der Waals surface area (Å²) < 4.78 is 27.3. The highest BCUT2D eigenvalue weighted by molar-refractivity contribution is 7.92. The molecule has 0 atom stereocenters. The van der Waals surface area contributed by atoms with Crippen LogP contribution in [0.5, 0.6) is 0 Å². The summed E-state index contributed by atoms with van der Waals surface area (Å²) in [5.74, 6) is 0.262. The Balaban J connectivity index is 2.38. The molecule has 0 aromatic heterocycles. The minimum atomic E-state index is -3.59. The first-order valence-corrected chi connectivity index (χ1v) is 8.20. The Morgan fingerprint density at radius 1 is 1.05 bits per heavy atom. The number of aryl methyl sites for hydroxylation is 2. The highest BCUT2D eigenvalue weighted by Crippen LogP contribution is 2.24. The van der Waals surface area contributed by atoms with Crippen molar-refractivity contribution in [2.75, 3.05) is 4.72 Å². The first kappa shape index (κ1) is 14.9. The SMILES string of the molecule is Cc1ccc(S(=O)(=O)Nc2cccc(C)c2CCl)cc1. The molecule has 2 rings (SSSR count). The van der Waals surface area contributed by atoms with Gasteiger partial charge in [0, 0.05) is 5.88 Å². The summed E-state index contributed by atoms with van der Waals surface area (Å²) in [7, 11) is -3.59. The Kier molecular flexibility index (Phi) is 4.35. The Hall–Kier alpha value is -1.52. The Bertz CT molecular complexity index is 709. The lowest BCUT2D eigenvalue weighted by Crippen LogP contribution is -2.14. The molecular weight excluding hydrogens is 294 g/mol. The molecule has 0 unspecified atom stereocenters. The van der Waals surface area contributed by atoms with Gasteiger partial charge in [0.25, 0.3) is 10.0 Å². The maximum Gasteiger partial charge on any atom is 0.261 e. The number of hydrogen-bond acceptors (Lipinski definition) is 2. The van der Waals surface area contributed by atoms with Crippen LogP contribution in [0.2, 0.25) is 0 Å². The number of benzene rings is 2. The van der Waals surface area contributed by atoms with E-state index in [1.165, 1.54) is 0 Å². The lowest BCUT2D eigenvalue weighted by Gasteiger charge is -2.13. The zero-order chi connectivity index (χ0) is 14.8. The zero-order valence-electron chi connectivity index (χ0n) is 11.4. The number of halogens is 1. The Labute approximate surface area is 124 Å². The van der Waals surface area contributed by atoms with Gasteiger partial charge in [0.2, 0.25) is 0 Å². The second-order valence-electron chi connectivity index (χ2n) is 4.65. The van der Waals surface area contributed by atoms with Gasteiger partial charge in [-0.25, -0.2) is 8.42 Å². The second kappa shape index (κ2) is 5.85. The van der Waals surface area contributed by atoms with Gasteiger partial charge in [0.15, 0.2) is 0 Å². The molecule has 0 bridgehead atoms. The van der Waals surface area contributed by atoms with Crippen molar-refractivity contribution in [1.82, 2.24) is 0 Å². The number of rotatable bonds is 4. The molecule has 0 heterocycles. The first-order chi connectivity index (χ1) is 9.44. The van der Waals surface area contributed by atoms with Crippen LogP contribution >= 0.6 is 11.6 Å². The molecule has 2 aromatic carbocycles. The van der Waals surface area contributed by atoms with Crippen molar-refractivity contribution >= 4 is 27.3 Å². The lowest BCUT2D eigenvalue weighted by atomic mass is 10.1. The van der Waals surface area contributed by atoms with Gasteiger partial charge in [-0.15, -0.1) is 11.6 Å². The predicted octanol–water partition coefficient (Wildman–Crippen LogP) is 3.84. The molecule has 3 nitrogen and oxygen atoms in total. The van der Waals surface area contributed by atoms with Crippen LogP contribution in [0, 0.1) is 13.8 Å². The maximum atomic E-state index is 12.3. The van der Waals surface area contributed by atoms with E-state index >= 15 is 0 Å². The Morgan fingerprint density at radius 2 is 1.70 bits per heavy atom. The number of nitrogens with one attached hydrogen (secondary N) is 1. The molecule has 0 fully saturated rings. The third-order valence-corrected chi connectivity index (χ3v) is 4.77. The minimum absolute atomic E-state index is 0.241. The number of sulfonamides is 1. The van der Waals surface area contributed by atoms with E-state index in [1.807, 2.05) is 19.9 Å². The smallest absolute Gasteiger partial charge is 0.261 e. The molecule has 0 radical (unpaired) electrons. The number of alkyl halides is 1. The monoisotopic (exact) mass is 309 g/mol. The molecule has 0 aliphatic rings. The van der Waals surface area contributed by atoms with Crippen LogP contribution in [-0.2, 0) is 15.9 Å². The van der Waals surface area contributed by atoms with E-state index in [0.29, 0.717) is 5.69 Å². The fourth-order valence-electron chi connectivity index (χ4n) is 1.90. The fourth-order valence-corrected chi connectivity index (χ4v) is 3.34. The summed E-state index contributed by atoms with van der Waals surface area (Å²) in [6, 6.07) is 12.2. The summed E-state index contributed by atoms with van der Waals surface area (Å²) >= 11 is 5.90. The van der Waals surface area contributed by atoms with Crippen molar-refractivity contribution in [1.29, 1.82) is 0 Å². The molecule has 2 aromatic rings. The van der Waals surface area contributed by atoms with Gasteiger partial charge >= 0.3 is 0 Å². The predicted molar refractivity (Wildman–Crippen MR) is 82.7 cm³/mol. The van der Waals surface area contributed by atoms with Gasteiger partial charge in [-0.2, -0.15) is 0 Å². The molecule has 0 spiro atoms. The van der Waals surface area contributed by atoms with Crippen LogP contribution in [0.1, 0.15) is 16.7 Å². The molecule has 5 heteroatoms. The van der Waals surface area contributed by atoms with E-state index < -0.39 is 10.0 Å². The van der Waals surface area contributed by atoms with Crippen LogP contribution in [0.25, 0.3) is 0 Å². The zero-order valence-corrected chi connectivity index (χ0v) is 12.9. The van der Waals surface area contributed by atoms with E-state index in [9.17, 15) is 8.42 Å². The van der Waals surface area contributed by atoms with Crippen molar-refractivity contribution in [3.63, 3.8) is 0 Å². The molecule has 1 N–H and O–H groups in total. The van der Waals surface area contributed by atoms with Crippen LogP contribution < -0.4 is 4.72 Å². The normalized spacial score (nSPS) is 11.3. The number of anilines is 1. The van der Waals surface area contributed by atoms with Crippen LogP contribution in [0.4, 0.5) is 5.69 Å². The largest absolute Gasteiger partial charge is 0.279 e. The molecule has 0 saturated carbocycles. The molecule has 0 amide bonds. The molecule has 0 aliphatic carbocycles. The van der Waals surface area contributed by atoms with E-state index in [2.05, 4.69) is 4.72 Å². The molecule has 0 saturated heterocycles. The van der Waals surface area contributed by atoms with Crippen LogP contribution in [0.15, 0.2) is 47.4 Å². The standard InChI is InChI=1S/C15H16ClNO2S/c1-11-6-8-13(9-7-11)20(18,19)17-15-5-3-4-12(2)14(15)10-16/h3-9,17H,10H2,1-2H3. The minimum Gasteiger partial charge on any atom is -0.279 e. The fraction of sp³-hybridized carbons (Fsp3) is 0.200. The summed E-state index contributed by atoms with van der Waals surface area (Å²) in [6.45, 7) is 3.82. The molecular formula is C15H16ClNO2S. The molecule has 20 heavy (non-hydrogen) atoms. The van der Waals surface area contributed by atoms with Crippen molar-refractivity contribution in [3.8, 4) is 0 Å². The summed E-state index contributed by atoms with van der Waals surface area (Å²) in [6.07, 6.45) is 0. The van der Waals surface area contributed by atoms with Gasteiger partial charge in [-0.1, -0.05) is 29.8 Å². The average molecular weight is 310 g/mol. The van der Waals surface area contributed by atoms with Crippen LogP contribution in [0.3, 0.4) is 0 Å². The van der Waals surface area contributed by atoms with E-state index in [-0.39, 0.29) is 10.8 Å². The van der Waals surface area contributed by atoms with Gasteiger partial charge in [0.05, 0.1) is 10.6 Å². The van der Waals surface area contributed by atoms with Gasteiger partial charge in [-0.05, 0) is 43.2 Å². The van der Waals surface area contributed by atoms with E-state index in [4.69, 9.17) is 11.6 Å². The first-order valence-electron chi connectivity index (χ1n) is 6.18. The topological polar surface area (TPSA) is 46.2 Å². The van der Waals surface area contributed by atoms with Gasteiger partial charge in [0.1, 0.15) is 0 Å². The van der Waals surface area contributed by atoms with E-state index in [0.717, 1.165) is 16.7 Å². The Morgan fingerprint density at radius 3 is 2.30 bits per heavy atom. The molecule has 0 aliphatic heterocycles. The third-order valence-electron chi connectivity index (χ3n) is 3.12. The van der Waals surface area contributed by atoms with Crippen molar-refractivity contribution in [2.45, 2.75) is 24.6 Å². The highest BCUT2D eigenvalue weighted by Gasteiger charge is 2.16. The quantitative estimate of drug-likeness (QED) is 0.872. The van der Waals surface area contributed by atoms with Crippen molar-refractivity contribution < 1.29 is 8.42 Å².